The van der Waals surface area contributed by atoms with E-state index in [1.807, 2.05) is 0 Å². The lowest BCUT2D eigenvalue weighted by Crippen LogP contribution is -2.31. The van der Waals surface area contributed by atoms with Crippen molar-refractivity contribution < 1.29 is 9.18 Å². The van der Waals surface area contributed by atoms with Crippen molar-refractivity contribution in [2.45, 2.75) is 32.9 Å². The SMILES string of the molecule is C=CCN(Cc1cc(Br)ccc1F)C(=O)c1sc2nc3n(c(=O)c2c1C)CCC3. The van der Waals surface area contributed by atoms with E-state index in [2.05, 4.69) is 27.5 Å². The third-order valence-electron chi connectivity index (χ3n) is 5.11. The molecule has 0 aliphatic carbocycles. The fraction of sp³-hybridized carbons (Fsp3) is 0.286. The molecule has 0 unspecified atom stereocenters. The zero-order valence-corrected chi connectivity index (χ0v) is 18.3. The van der Waals surface area contributed by atoms with E-state index in [4.69, 9.17) is 0 Å². The summed E-state index contributed by atoms with van der Waals surface area (Å²) < 4.78 is 16.7. The Morgan fingerprint density at radius 3 is 3.03 bits per heavy atom. The topological polar surface area (TPSA) is 55.2 Å². The van der Waals surface area contributed by atoms with Crippen LogP contribution in [0.1, 0.15) is 33.0 Å². The number of amides is 1. The van der Waals surface area contributed by atoms with Gasteiger partial charge in [-0.05, 0) is 37.1 Å². The summed E-state index contributed by atoms with van der Waals surface area (Å²) in [5.74, 6) is 0.149. The predicted molar refractivity (Wildman–Crippen MR) is 116 cm³/mol. The van der Waals surface area contributed by atoms with Crippen LogP contribution in [-0.2, 0) is 19.5 Å². The van der Waals surface area contributed by atoms with Crippen LogP contribution in [0.25, 0.3) is 10.2 Å². The lowest BCUT2D eigenvalue weighted by Gasteiger charge is -2.21. The molecule has 1 amide bonds. The Bertz CT molecular complexity index is 1200. The van der Waals surface area contributed by atoms with Crippen LogP contribution in [0.15, 0.2) is 40.1 Å². The van der Waals surface area contributed by atoms with Gasteiger partial charge >= 0.3 is 0 Å². The first-order valence-electron chi connectivity index (χ1n) is 9.27. The number of benzene rings is 1. The van der Waals surface area contributed by atoms with E-state index in [1.54, 1.807) is 29.7 Å². The highest BCUT2D eigenvalue weighted by molar-refractivity contribution is 9.10. The molecule has 150 valence electrons. The summed E-state index contributed by atoms with van der Waals surface area (Å²) in [7, 11) is 0. The zero-order chi connectivity index (χ0) is 20.7. The van der Waals surface area contributed by atoms with Crippen molar-refractivity contribution in [2.24, 2.45) is 0 Å². The van der Waals surface area contributed by atoms with Crippen molar-refractivity contribution in [2.75, 3.05) is 6.54 Å². The highest BCUT2D eigenvalue weighted by Gasteiger charge is 2.26. The van der Waals surface area contributed by atoms with Crippen LogP contribution in [0.5, 0.6) is 0 Å². The summed E-state index contributed by atoms with van der Waals surface area (Å²) in [6.07, 6.45) is 3.30. The maximum atomic E-state index is 14.2. The van der Waals surface area contributed by atoms with Crippen LogP contribution in [0.3, 0.4) is 0 Å². The maximum Gasteiger partial charge on any atom is 0.264 e. The molecule has 0 saturated heterocycles. The molecule has 0 saturated carbocycles. The third-order valence-corrected chi connectivity index (χ3v) is 6.78. The van der Waals surface area contributed by atoms with Gasteiger partial charge in [0.2, 0.25) is 0 Å². The minimum absolute atomic E-state index is 0.0800. The number of rotatable bonds is 5. The molecule has 1 aromatic carbocycles. The van der Waals surface area contributed by atoms with Gasteiger partial charge in [-0.1, -0.05) is 22.0 Å². The number of aromatic nitrogens is 2. The predicted octanol–water partition coefficient (Wildman–Crippen LogP) is 4.44. The van der Waals surface area contributed by atoms with Gasteiger partial charge < -0.3 is 4.90 Å². The zero-order valence-electron chi connectivity index (χ0n) is 15.9. The Balaban J connectivity index is 1.75. The second-order valence-electron chi connectivity index (χ2n) is 7.03. The molecule has 3 heterocycles. The molecule has 0 N–H and O–H groups in total. The van der Waals surface area contributed by atoms with Crippen molar-refractivity contribution in [3.05, 3.63) is 73.3 Å². The fourth-order valence-corrected chi connectivity index (χ4v) is 5.24. The average molecular weight is 476 g/mol. The molecule has 0 radical (unpaired) electrons. The van der Waals surface area contributed by atoms with Gasteiger partial charge in [0.1, 0.15) is 16.5 Å². The molecule has 4 rings (SSSR count). The number of nitrogens with zero attached hydrogens (tertiary/aromatic N) is 3. The number of hydrogen-bond acceptors (Lipinski definition) is 4. The molecule has 1 aliphatic rings. The van der Waals surface area contributed by atoms with Crippen LogP contribution in [0.4, 0.5) is 4.39 Å². The van der Waals surface area contributed by atoms with Crippen molar-refractivity contribution in [3.8, 4) is 0 Å². The highest BCUT2D eigenvalue weighted by Crippen LogP contribution is 2.30. The number of carbonyl (C=O) groups is 1. The van der Waals surface area contributed by atoms with Crippen LogP contribution >= 0.6 is 27.3 Å². The summed E-state index contributed by atoms with van der Waals surface area (Å²) >= 11 is 4.57. The fourth-order valence-electron chi connectivity index (χ4n) is 3.67. The average Bonchev–Trinajstić information content (AvgIpc) is 3.29. The minimum atomic E-state index is -0.375. The minimum Gasteiger partial charge on any atom is -0.330 e. The summed E-state index contributed by atoms with van der Waals surface area (Å²) in [5, 5.41) is 0.510. The van der Waals surface area contributed by atoms with Gasteiger partial charge in [0.25, 0.3) is 11.5 Å². The summed E-state index contributed by atoms with van der Waals surface area (Å²) in [6, 6.07) is 4.65. The lowest BCUT2D eigenvalue weighted by molar-refractivity contribution is 0.0765. The van der Waals surface area contributed by atoms with E-state index in [0.717, 1.165) is 23.1 Å². The van der Waals surface area contributed by atoms with Crippen LogP contribution in [0, 0.1) is 12.7 Å². The molecule has 29 heavy (non-hydrogen) atoms. The molecule has 0 fully saturated rings. The third kappa shape index (κ3) is 3.55. The maximum absolute atomic E-state index is 14.2. The summed E-state index contributed by atoms with van der Waals surface area (Å²) in [6.45, 7) is 6.54. The Morgan fingerprint density at radius 2 is 2.28 bits per heavy atom. The Hall–Kier alpha value is -2.32. The summed E-state index contributed by atoms with van der Waals surface area (Å²) in [5.41, 5.74) is 0.965. The first kappa shape index (κ1) is 20.0. The molecule has 0 spiro atoms. The normalized spacial score (nSPS) is 12.9. The quantitative estimate of drug-likeness (QED) is 0.512. The van der Waals surface area contributed by atoms with Gasteiger partial charge in [0.05, 0.1) is 10.3 Å². The van der Waals surface area contributed by atoms with Crippen LogP contribution in [-0.4, -0.2) is 26.9 Å². The number of fused-ring (bicyclic) bond motifs is 2. The van der Waals surface area contributed by atoms with Gasteiger partial charge in [-0.2, -0.15) is 0 Å². The second-order valence-corrected chi connectivity index (χ2v) is 8.95. The van der Waals surface area contributed by atoms with Crippen LogP contribution < -0.4 is 5.56 Å². The van der Waals surface area contributed by atoms with E-state index in [0.29, 0.717) is 32.8 Å². The van der Waals surface area contributed by atoms with E-state index in [9.17, 15) is 14.0 Å². The number of hydrogen-bond donors (Lipinski definition) is 0. The van der Waals surface area contributed by atoms with Crippen molar-refractivity contribution in [3.63, 3.8) is 0 Å². The van der Waals surface area contributed by atoms with Gasteiger partial charge in [0, 0.05) is 36.1 Å². The van der Waals surface area contributed by atoms with Gasteiger partial charge in [-0.3, -0.25) is 14.2 Å². The molecule has 0 bridgehead atoms. The van der Waals surface area contributed by atoms with E-state index in [1.165, 1.54) is 22.3 Å². The second kappa shape index (κ2) is 7.84. The molecular weight excluding hydrogens is 457 g/mol. The van der Waals surface area contributed by atoms with E-state index < -0.39 is 0 Å². The largest absolute Gasteiger partial charge is 0.330 e. The monoisotopic (exact) mass is 475 g/mol. The Kier molecular flexibility index (Phi) is 5.40. The molecule has 2 aromatic heterocycles. The van der Waals surface area contributed by atoms with Gasteiger partial charge in [-0.25, -0.2) is 9.37 Å². The molecule has 0 atom stereocenters. The molecule has 1 aliphatic heterocycles. The van der Waals surface area contributed by atoms with Crippen molar-refractivity contribution >= 4 is 43.4 Å². The van der Waals surface area contributed by atoms with Crippen molar-refractivity contribution in [1.82, 2.24) is 14.5 Å². The molecule has 3 aromatic rings. The molecule has 8 heteroatoms. The Morgan fingerprint density at radius 1 is 1.48 bits per heavy atom. The molecule has 5 nitrogen and oxygen atoms in total. The smallest absolute Gasteiger partial charge is 0.264 e. The first-order valence-corrected chi connectivity index (χ1v) is 10.9. The Labute approximate surface area is 179 Å². The highest BCUT2D eigenvalue weighted by atomic mass is 79.9. The lowest BCUT2D eigenvalue weighted by atomic mass is 10.1. The van der Waals surface area contributed by atoms with E-state index in [-0.39, 0.29) is 30.4 Å². The number of aryl methyl sites for hydroxylation is 2. The van der Waals surface area contributed by atoms with Crippen LogP contribution in [0.2, 0.25) is 0 Å². The first-order chi connectivity index (χ1) is 13.9. The number of thiophene rings is 1. The number of carbonyl (C=O) groups excluding carboxylic acids is 1. The van der Waals surface area contributed by atoms with E-state index >= 15 is 0 Å². The van der Waals surface area contributed by atoms with Gasteiger partial charge in [0.15, 0.2) is 0 Å². The van der Waals surface area contributed by atoms with Gasteiger partial charge in [-0.15, -0.1) is 17.9 Å². The standard InChI is InChI=1S/C21H19BrFN3O2S/c1-3-8-25(11-13-10-14(22)6-7-15(13)23)21(28)18-12(2)17-19(29-18)24-16-5-4-9-26(16)20(17)27/h3,6-7,10H,1,4-5,8-9,11H2,2H3. The van der Waals surface area contributed by atoms with Crippen molar-refractivity contribution in [1.29, 1.82) is 0 Å². The summed E-state index contributed by atoms with van der Waals surface area (Å²) in [4.78, 5) is 33.4. The number of halogens is 2. The molecular formula is C21H19BrFN3O2S.